The fourth-order valence-corrected chi connectivity index (χ4v) is 8.32. The minimum Gasteiger partial charge on any atom is -0.460 e. The van der Waals surface area contributed by atoms with E-state index in [0.717, 1.165) is 45.4 Å². The van der Waals surface area contributed by atoms with Crippen LogP contribution < -0.4 is 0 Å². The van der Waals surface area contributed by atoms with Crippen molar-refractivity contribution in [2.24, 2.45) is 23.2 Å². The summed E-state index contributed by atoms with van der Waals surface area (Å²) in [5.74, 6) is -0.823. The van der Waals surface area contributed by atoms with E-state index in [1.165, 1.54) is 6.42 Å². The minimum absolute atomic E-state index is 0.0225. The van der Waals surface area contributed by atoms with Crippen LogP contribution in [0.5, 0.6) is 0 Å². The van der Waals surface area contributed by atoms with Crippen molar-refractivity contribution in [2.45, 2.75) is 142 Å². The molecule has 0 spiro atoms. The molecule has 3 rings (SSSR count). The molecule has 46 heavy (non-hydrogen) atoms. The van der Waals surface area contributed by atoms with Gasteiger partial charge in [0.15, 0.2) is 12.1 Å². The van der Waals surface area contributed by atoms with Gasteiger partial charge in [0.1, 0.15) is 17.6 Å². The van der Waals surface area contributed by atoms with Crippen molar-refractivity contribution >= 4 is 11.8 Å². The van der Waals surface area contributed by atoms with Crippen LogP contribution in [0, 0.1) is 23.2 Å². The first-order valence-electron chi connectivity index (χ1n) is 17.8. The lowest BCUT2D eigenvalue weighted by atomic mass is 9.74. The molecule has 3 heterocycles. The fourth-order valence-electron chi connectivity index (χ4n) is 8.32. The number of carbonyl (C=O) groups is 2. The first-order valence-corrected chi connectivity index (χ1v) is 17.8. The maximum absolute atomic E-state index is 14.3. The van der Waals surface area contributed by atoms with Crippen molar-refractivity contribution in [3.63, 3.8) is 0 Å². The lowest BCUT2D eigenvalue weighted by molar-refractivity contribution is -0.295. The number of esters is 1. The number of hydrogen-bond acceptors (Lipinski definition) is 10. The Morgan fingerprint density at radius 2 is 1.70 bits per heavy atom. The number of Topliss-reactive ketones (excluding diaryl/α,β-unsaturated/α-hetero) is 1. The van der Waals surface area contributed by atoms with Gasteiger partial charge in [-0.25, -0.2) is 0 Å². The predicted octanol–water partition coefficient (Wildman–Crippen LogP) is 4.22. The van der Waals surface area contributed by atoms with E-state index < -0.39 is 41.4 Å². The summed E-state index contributed by atoms with van der Waals surface area (Å²) in [6, 6.07) is -0.145. The maximum atomic E-state index is 14.3. The lowest BCUT2D eigenvalue weighted by Gasteiger charge is -2.47. The molecule has 0 radical (unpaired) electrons. The fraction of sp³-hybridized carbons (Fsp3) is 0.944. The van der Waals surface area contributed by atoms with Gasteiger partial charge in [-0.05, 0) is 126 Å². The molecule has 3 aliphatic rings. The van der Waals surface area contributed by atoms with Crippen molar-refractivity contribution in [3.05, 3.63) is 0 Å². The highest BCUT2D eigenvalue weighted by Crippen LogP contribution is 2.39. The Morgan fingerprint density at radius 3 is 2.26 bits per heavy atom. The molecular weight excluding hydrogens is 586 g/mol. The Labute approximate surface area is 279 Å². The van der Waals surface area contributed by atoms with Gasteiger partial charge in [0.05, 0.1) is 17.8 Å². The van der Waals surface area contributed by atoms with Crippen LogP contribution >= 0.6 is 0 Å². The summed E-state index contributed by atoms with van der Waals surface area (Å²) in [7, 11) is 7.65. The number of likely N-dealkylation sites (N-methyl/N-ethyl adjacent to an activating group) is 2. The van der Waals surface area contributed by atoms with Gasteiger partial charge in [-0.1, -0.05) is 20.8 Å². The third-order valence-electron chi connectivity index (χ3n) is 11.2. The Bertz CT molecular complexity index is 987. The monoisotopic (exact) mass is 653 g/mol. The Balaban J connectivity index is 1.95. The van der Waals surface area contributed by atoms with Crippen LogP contribution in [-0.2, 0) is 28.5 Å². The normalized spacial score (nSPS) is 39.8. The zero-order chi connectivity index (χ0) is 34.6. The number of likely N-dealkylation sites (tertiary alicyclic amines) is 1. The third kappa shape index (κ3) is 9.30. The van der Waals surface area contributed by atoms with Gasteiger partial charge in [-0.15, -0.1) is 0 Å². The minimum atomic E-state index is -1.41. The number of rotatable bonds is 8. The smallest absolute Gasteiger partial charge is 0.319 e. The maximum Gasteiger partial charge on any atom is 0.319 e. The van der Waals surface area contributed by atoms with Gasteiger partial charge in [-0.2, -0.15) is 0 Å². The number of ketones is 1. The van der Waals surface area contributed by atoms with E-state index in [0.29, 0.717) is 18.8 Å². The highest BCUT2D eigenvalue weighted by molar-refractivity contribution is 6.04. The number of nitrogens with zero attached hydrogens (tertiary/aromatic N) is 3. The SMILES string of the molecule is CCCN1CCC(C[C@@H]2[C@@H](C)OC(=O)C(C)(C)C(=O)[C@H](C)[C@@H](O[C@@H]3O[C@H](C)C[C@H](N(C)C)[C@H]3O)[C@](C)(OC)C[C@@H](C)CN2C)CC1. The standard InChI is InChI=1S/C36H67N3O7/c1-13-16-39-17-14-27(15-18-39)20-28-26(5)45-34(42)35(6,7)31(41)25(4)32(36(8,43-12)21-23(2)22-38(28)11)46-33-30(40)29(37(9)10)19-24(3)44-33/h23-30,32-33,40H,13-22H2,1-12H3/t23-,24-,25+,26-,28-,29+,30-,32-,33+,36-/m1/s1. The Morgan fingerprint density at radius 1 is 1.07 bits per heavy atom. The van der Waals surface area contributed by atoms with Gasteiger partial charge in [-0.3, -0.25) is 14.5 Å². The van der Waals surface area contributed by atoms with Crippen molar-refractivity contribution in [2.75, 3.05) is 54.4 Å². The first kappa shape index (κ1) is 39.3. The number of aliphatic hydroxyl groups is 1. The zero-order valence-corrected chi connectivity index (χ0v) is 31.1. The number of methoxy groups -OCH3 is 1. The van der Waals surface area contributed by atoms with E-state index in [2.05, 4.69) is 30.7 Å². The molecule has 10 atom stereocenters. The second-order valence-corrected chi connectivity index (χ2v) is 15.9. The van der Waals surface area contributed by atoms with Crippen molar-refractivity contribution in [1.29, 1.82) is 0 Å². The van der Waals surface area contributed by atoms with E-state index in [1.54, 1.807) is 27.9 Å². The van der Waals surface area contributed by atoms with Gasteiger partial charge >= 0.3 is 5.97 Å². The van der Waals surface area contributed by atoms with Crippen LogP contribution in [0.2, 0.25) is 0 Å². The Hall–Kier alpha value is -1.14. The topological polar surface area (TPSA) is 101 Å². The van der Waals surface area contributed by atoms with Gasteiger partial charge in [0, 0.05) is 31.7 Å². The molecule has 3 saturated heterocycles. The quantitative estimate of drug-likeness (QED) is 0.303. The number of piperidine rings is 1. The van der Waals surface area contributed by atoms with Crippen molar-refractivity contribution in [1.82, 2.24) is 14.7 Å². The van der Waals surface area contributed by atoms with Crippen LogP contribution in [0.3, 0.4) is 0 Å². The van der Waals surface area contributed by atoms with Crippen LogP contribution in [0.25, 0.3) is 0 Å². The molecule has 0 saturated carbocycles. The van der Waals surface area contributed by atoms with Crippen LogP contribution in [-0.4, -0.2) is 134 Å². The molecule has 3 fully saturated rings. The van der Waals surface area contributed by atoms with E-state index in [1.807, 2.05) is 39.8 Å². The Kier molecular flexibility index (Phi) is 14.1. The summed E-state index contributed by atoms with van der Waals surface area (Å²) in [5, 5.41) is 11.4. The molecule has 0 aromatic rings. The van der Waals surface area contributed by atoms with Crippen molar-refractivity contribution in [3.8, 4) is 0 Å². The van der Waals surface area contributed by atoms with E-state index in [4.69, 9.17) is 18.9 Å². The van der Waals surface area contributed by atoms with Crippen LogP contribution in [0.1, 0.15) is 93.9 Å². The van der Waals surface area contributed by atoms with E-state index in [9.17, 15) is 14.7 Å². The molecule has 10 nitrogen and oxygen atoms in total. The molecule has 0 unspecified atom stereocenters. The first-order chi connectivity index (χ1) is 21.4. The number of aliphatic hydroxyl groups excluding tert-OH is 1. The summed E-state index contributed by atoms with van der Waals surface area (Å²) < 4.78 is 25.3. The number of cyclic esters (lactones) is 1. The number of ether oxygens (including phenoxy) is 4. The summed E-state index contributed by atoms with van der Waals surface area (Å²) in [6.07, 6.45) is 2.48. The van der Waals surface area contributed by atoms with E-state index in [-0.39, 0.29) is 36.0 Å². The molecule has 268 valence electrons. The van der Waals surface area contributed by atoms with Gasteiger partial charge < -0.3 is 33.9 Å². The van der Waals surface area contributed by atoms with Gasteiger partial charge in [0.25, 0.3) is 0 Å². The summed E-state index contributed by atoms with van der Waals surface area (Å²) in [4.78, 5) is 35.1. The second-order valence-electron chi connectivity index (χ2n) is 15.9. The highest BCUT2D eigenvalue weighted by atomic mass is 16.7. The van der Waals surface area contributed by atoms with Gasteiger partial charge in [0.2, 0.25) is 0 Å². The molecule has 0 aromatic carbocycles. The summed E-state index contributed by atoms with van der Waals surface area (Å²) in [6.45, 7) is 19.6. The molecule has 0 aliphatic carbocycles. The zero-order valence-electron chi connectivity index (χ0n) is 31.1. The largest absolute Gasteiger partial charge is 0.460 e. The number of hydrogen-bond donors (Lipinski definition) is 1. The number of carbonyl (C=O) groups excluding carboxylic acids is 2. The molecule has 0 aromatic heterocycles. The molecule has 10 heteroatoms. The summed E-state index contributed by atoms with van der Waals surface area (Å²) in [5.41, 5.74) is -2.32. The predicted molar refractivity (Wildman–Crippen MR) is 180 cm³/mol. The van der Waals surface area contributed by atoms with E-state index >= 15 is 0 Å². The average molecular weight is 654 g/mol. The molecule has 1 N–H and O–H groups in total. The van der Waals surface area contributed by atoms with Crippen LogP contribution in [0.15, 0.2) is 0 Å². The van der Waals surface area contributed by atoms with Crippen LogP contribution in [0.4, 0.5) is 0 Å². The molecule has 0 amide bonds. The lowest BCUT2D eigenvalue weighted by Crippen LogP contribution is -2.59. The molecule has 0 bridgehead atoms. The molecular formula is C36H67N3O7. The van der Waals surface area contributed by atoms with Crippen molar-refractivity contribution < 1.29 is 33.6 Å². The molecule has 3 aliphatic heterocycles. The summed E-state index contributed by atoms with van der Waals surface area (Å²) >= 11 is 0. The second kappa shape index (κ2) is 16.5. The average Bonchev–Trinajstić information content (AvgIpc) is 2.99. The third-order valence-corrected chi connectivity index (χ3v) is 11.2. The highest BCUT2D eigenvalue weighted by Gasteiger charge is 2.52.